The lowest BCUT2D eigenvalue weighted by atomic mass is 10.1. The summed E-state index contributed by atoms with van der Waals surface area (Å²) in [5, 5.41) is 0.635. The van der Waals surface area contributed by atoms with Gasteiger partial charge in [0.15, 0.2) is 0 Å². The molecule has 3 nitrogen and oxygen atoms in total. The first-order chi connectivity index (χ1) is 7.72. The summed E-state index contributed by atoms with van der Waals surface area (Å²) in [6.45, 7) is 2.54. The minimum absolute atomic E-state index is 0.170. The lowest BCUT2D eigenvalue weighted by Gasteiger charge is -2.02. The quantitative estimate of drug-likeness (QED) is 0.891. The molecule has 0 saturated carbocycles. The van der Waals surface area contributed by atoms with Gasteiger partial charge in [0.25, 0.3) is 0 Å². The summed E-state index contributed by atoms with van der Waals surface area (Å²) in [7, 11) is 0. The van der Waals surface area contributed by atoms with Gasteiger partial charge in [0.05, 0.1) is 16.8 Å². The highest BCUT2D eigenvalue weighted by molar-refractivity contribution is 6.33. The smallest absolute Gasteiger partial charge is 0.227 e. The first-order valence-corrected chi connectivity index (χ1v) is 5.51. The minimum atomic E-state index is 0.170. The Morgan fingerprint density at radius 3 is 2.88 bits per heavy atom. The number of oxazole rings is 1. The predicted molar refractivity (Wildman–Crippen MR) is 64.4 cm³/mol. The zero-order valence-electron chi connectivity index (χ0n) is 8.98. The summed E-state index contributed by atoms with van der Waals surface area (Å²) in [6.07, 6.45) is 1.70. The van der Waals surface area contributed by atoms with Crippen LogP contribution in [0.2, 0.25) is 5.02 Å². The standard InChI is InChI=1S/C12H13ClN2O/c1-8(6-14)11-7-15-12(16-11)9-4-2-3-5-10(9)13/h2-5,7-8H,6,14H2,1H3. The van der Waals surface area contributed by atoms with Gasteiger partial charge in [-0.3, -0.25) is 0 Å². The van der Waals surface area contributed by atoms with Crippen molar-refractivity contribution in [2.75, 3.05) is 6.54 Å². The second-order valence-corrected chi connectivity index (χ2v) is 4.09. The molecule has 16 heavy (non-hydrogen) atoms. The summed E-state index contributed by atoms with van der Waals surface area (Å²) < 4.78 is 5.63. The Hall–Kier alpha value is -1.32. The number of aromatic nitrogens is 1. The Morgan fingerprint density at radius 1 is 1.44 bits per heavy atom. The highest BCUT2D eigenvalue weighted by Crippen LogP contribution is 2.28. The molecule has 1 atom stereocenters. The number of halogens is 1. The van der Waals surface area contributed by atoms with E-state index in [4.69, 9.17) is 21.8 Å². The largest absolute Gasteiger partial charge is 0.441 e. The molecule has 0 aliphatic rings. The SMILES string of the molecule is CC(CN)c1cnc(-c2ccccc2Cl)o1. The molecule has 2 aromatic rings. The van der Waals surface area contributed by atoms with E-state index < -0.39 is 0 Å². The van der Waals surface area contributed by atoms with Gasteiger partial charge in [0, 0.05) is 12.5 Å². The third-order valence-corrected chi connectivity index (χ3v) is 2.80. The van der Waals surface area contributed by atoms with E-state index in [1.54, 1.807) is 6.20 Å². The highest BCUT2D eigenvalue weighted by atomic mass is 35.5. The number of hydrogen-bond donors (Lipinski definition) is 1. The average Bonchev–Trinajstić information content (AvgIpc) is 2.78. The van der Waals surface area contributed by atoms with Gasteiger partial charge >= 0.3 is 0 Å². The number of benzene rings is 1. The molecule has 0 aliphatic carbocycles. The average molecular weight is 237 g/mol. The Kier molecular flexibility index (Phi) is 3.27. The van der Waals surface area contributed by atoms with Gasteiger partial charge in [-0.2, -0.15) is 0 Å². The van der Waals surface area contributed by atoms with Crippen molar-refractivity contribution >= 4 is 11.6 Å². The first kappa shape index (κ1) is 11.2. The Bertz CT molecular complexity index is 481. The van der Waals surface area contributed by atoms with Crippen LogP contribution in [0.15, 0.2) is 34.9 Å². The molecule has 1 aromatic heterocycles. The van der Waals surface area contributed by atoms with Crippen molar-refractivity contribution < 1.29 is 4.42 Å². The van der Waals surface area contributed by atoms with Gasteiger partial charge in [-0.05, 0) is 12.1 Å². The van der Waals surface area contributed by atoms with Crippen LogP contribution in [0.5, 0.6) is 0 Å². The molecular weight excluding hydrogens is 224 g/mol. The van der Waals surface area contributed by atoms with E-state index in [1.165, 1.54) is 0 Å². The lowest BCUT2D eigenvalue weighted by Crippen LogP contribution is -2.07. The summed E-state index contributed by atoms with van der Waals surface area (Å²) in [6, 6.07) is 7.47. The molecule has 0 radical (unpaired) electrons. The topological polar surface area (TPSA) is 52.0 Å². The number of nitrogens with two attached hydrogens (primary N) is 1. The van der Waals surface area contributed by atoms with Gasteiger partial charge in [-0.25, -0.2) is 4.98 Å². The van der Waals surface area contributed by atoms with Crippen LogP contribution in [0.1, 0.15) is 18.6 Å². The predicted octanol–water partition coefficient (Wildman–Crippen LogP) is 3.06. The molecule has 0 spiro atoms. The summed E-state index contributed by atoms with van der Waals surface area (Å²) in [4.78, 5) is 4.21. The van der Waals surface area contributed by atoms with Crippen molar-refractivity contribution in [2.24, 2.45) is 5.73 Å². The summed E-state index contributed by atoms with van der Waals surface area (Å²) in [5.41, 5.74) is 6.37. The van der Waals surface area contributed by atoms with Crippen LogP contribution < -0.4 is 5.73 Å². The lowest BCUT2D eigenvalue weighted by molar-refractivity contribution is 0.485. The van der Waals surface area contributed by atoms with Crippen molar-refractivity contribution in [3.05, 3.63) is 41.2 Å². The van der Waals surface area contributed by atoms with Crippen molar-refractivity contribution in [3.63, 3.8) is 0 Å². The van der Waals surface area contributed by atoms with Crippen LogP contribution in [0.25, 0.3) is 11.5 Å². The first-order valence-electron chi connectivity index (χ1n) is 5.13. The molecule has 0 bridgehead atoms. The molecule has 2 N–H and O–H groups in total. The fraction of sp³-hybridized carbons (Fsp3) is 0.250. The fourth-order valence-corrected chi connectivity index (χ4v) is 1.61. The van der Waals surface area contributed by atoms with Gasteiger partial charge in [-0.1, -0.05) is 30.7 Å². The van der Waals surface area contributed by atoms with Crippen LogP contribution in [0.4, 0.5) is 0 Å². The van der Waals surface area contributed by atoms with E-state index in [0.717, 1.165) is 11.3 Å². The monoisotopic (exact) mass is 236 g/mol. The normalized spacial score (nSPS) is 12.7. The third-order valence-electron chi connectivity index (χ3n) is 2.47. The van der Waals surface area contributed by atoms with Crippen molar-refractivity contribution in [1.82, 2.24) is 4.98 Å². The van der Waals surface area contributed by atoms with Crippen LogP contribution in [-0.4, -0.2) is 11.5 Å². The second-order valence-electron chi connectivity index (χ2n) is 3.68. The van der Waals surface area contributed by atoms with Crippen molar-refractivity contribution in [1.29, 1.82) is 0 Å². The summed E-state index contributed by atoms with van der Waals surface area (Å²) in [5.74, 6) is 1.50. The van der Waals surface area contributed by atoms with Crippen LogP contribution >= 0.6 is 11.6 Å². The molecule has 2 rings (SSSR count). The Morgan fingerprint density at radius 2 is 2.19 bits per heavy atom. The molecule has 0 saturated heterocycles. The Labute approximate surface area is 99.2 Å². The molecule has 1 heterocycles. The van der Waals surface area contributed by atoms with Gasteiger partial charge in [0.1, 0.15) is 5.76 Å². The van der Waals surface area contributed by atoms with E-state index >= 15 is 0 Å². The number of nitrogens with zero attached hydrogens (tertiary/aromatic N) is 1. The zero-order chi connectivity index (χ0) is 11.5. The number of rotatable bonds is 3. The molecule has 1 aromatic carbocycles. The van der Waals surface area contributed by atoms with E-state index in [9.17, 15) is 0 Å². The fourth-order valence-electron chi connectivity index (χ4n) is 1.39. The maximum absolute atomic E-state index is 6.06. The summed E-state index contributed by atoms with van der Waals surface area (Å²) >= 11 is 6.06. The molecule has 4 heteroatoms. The zero-order valence-corrected chi connectivity index (χ0v) is 9.74. The third kappa shape index (κ3) is 2.10. The van der Waals surface area contributed by atoms with E-state index in [-0.39, 0.29) is 5.92 Å². The van der Waals surface area contributed by atoms with Gasteiger partial charge in [-0.15, -0.1) is 0 Å². The van der Waals surface area contributed by atoms with Gasteiger partial charge < -0.3 is 10.2 Å². The van der Waals surface area contributed by atoms with Crippen LogP contribution in [-0.2, 0) is 0 Å². The van der Waals surface area contributed by atoms with Crippen molar-refractivity contribution in [3.8, 4) is 11.5 Å². The maximum atomic E-state index is 6.06. The molecule has 1 unspecified atom stereocenters. The Balaban J connectivity index is 2.35. The van der Waals surface area contributed by atoms with Gasteiger partial charge in [0.2, 0.25) is 5.89 Å². The van der Waals surface area contributed by atoms with E-state index in [1.807, 2.05) is 31.2 Å². The molecule has 0 aliphatic heterocycles. The van der Waals surface area contributed by atoms with E-state index in [2.05, 4.69) is 4.98 Å². The highest BCUT2D eigenvalue weighted by Gasteiger charge is 2.13. The molecular formula is C12H13ClN2O. The number of hydrogen-bond acceptors (Lipinski definition) is 3. The van der Waals surface area contributed by atoms with Crippen LogP contribution in [0.3, 0.4) is 0 Å². The molecule has 0 fully saturated rings. The van der Waals surface area contributed by atoms with E-state index in [0.29, 0.717) is 17.5 Å². The maximum Gasteiger partial charge on any atom is 0.227 e. The second kappa shape index (κ2) is 4.68. The molecule has 84 valence electrons. The minimum Gasteiger partial charge on any atom is -0.441 e. The van der Waals surface area contributed by atoms with Crippen LogP contribution in [0, 0.1) is 0 Å². The van der Waals surface area contributed by atoms with Crippen molar-refractivity contribution in [2.45, 2.75) is 12.8 Å². The molecule has 0 amide bonds.